The molecule has 0 aliphatic carbocycles. The van der Waals surface area contributed by atoms with Crippen molar-refractivity contribution in [3.05, 3.63) is 22.3 Å². The summed E-state index contributed by atoms with van der Waals surface area (Å²) >= 11 is 3.54. The van der Waals surface area contributed by atoms with Crippen molar-refractivity contribution in [2.24, 2.45) is 0 Å². The standard InChI is InChI=1S/C25H40BrN3O3Si/c1-16(2)33(17(3)4,18(5)6)15-14-21-20(26)12-13-22(27-21)28-23(30)19(7)29(11)24(31)32-25(8,9)10/h12-13,16-19H,1-11H3,(H,27,28,30). The number of hydrogen-bond acceptors (Lipinski definition) is 4. The predicted molar refractivity (Wildman–Crippen MR) is 142 cm³/mol. The molecule has 0 bridgehead atoms. The van der Waals surface area contributed by atoms with Gasteiger partial charge in [-0.2, -0.15) is 0 Å². The van der Waals surface area contributed by atoms with Crippen molar-refractivity contribution in [3.63, 3.8) is 0 Å². The minimum absolute atomic E-state index is 0.354. The summed E-state index contributed by atoms with van der Waals surface area (Å²) in [5.74, 6) is 3.36. The SMILES string of the molecule is CC(C(=O)Nc1ccc(Br)c(C#C[Si](C(C)C)(C(C)C)C(C)C)n1)N(C)C(=O)OC(C)(C)C. The molecule has 1 aromatic rings. The Morgan fingerprint density at radius 2 is 1.58 bits per heavy atom. The van der Waals surface area contributed by atoms with E-state index in [9.17, 15) is 9.59 Å². The molecule has 184 valence electrons. The number of carbonyl (C=O) groups is 2. The number of pyridine rings is 1. The fraction of sp³-hybridized carbons (Fsp3) is 0.640. The molecule has 2 amide bonds. The van der Waals surface area contributed by atoms with Crippen LogP contribution in [0.25, 0.3) is 0 Å². The van der Waals surface area contributed by atoms with E-state index >= 15 is 0 Å². The maximum absolute atomic E-state index is 12.8. The average molecular weight is 539 g/mol. The molecular formula is C25H40BrN3O3Si. The number of nitrogens with one attached hydrogen (secondary N) is 1. The molecule has 0 aliphatic heterocycles. The van der Waals surface area contributed by atoms with Gasteiger partial charge in [-0.15, -0.1) is 5.54 Å². The van der Waals surface area contributed by atoms with Gasteiger partial charge in [0.2, 0.25) is 5.91 Å². The van der Waals surface area contributed by atoms with Crippen molar-refractivity contribution in [2.45, 2.75) is 97.5 Å². The predicted octanol–water partition coefficient (Wildman–Crippen LogP) is 6.61. The minimum atomic E-state index is -1.92. The molecule has 0 saturated carbocycles. The Bertz CT molecular complexity index is 892. The summed E-state index contributed by atoms with van der Waals surface area (Å²) in [4.78, 5) is 30.9. The molecule has 8 heteroatoms. The minimum Gasteiger partial charge on any atom is -0.444 e. The molecule has 1 N–H and O–H groups in total. The number of rotatable bonds is 6. The fourth-order valence-corrected chi connectivity index (χ4v) is 9.62. The average Bonchev–Trinajstić information content (AvgIpc) is 2.67. The molecule has 0 radical (unpaired) electrons. The first-order chi connectivity index (χ1) is 15.0. The molecule has 1 atom stereocenters. The summed E-state index contributed by atoms with van der Waals surface area (Å²) in [5, 5.41) is 2.80. The molecule has 1 unspecified atom stereocenters. The van der Waals surface area contributed by atoms with Gasteiger partial charge in [-0.3, -0.25) is 9.69 Å². The van der Waals surface area contributed by atoms with Crippen LogP contribution in [0.15, 0.2) is 16.6 Å². The fourth-order valence-electron chi connectivity index (χ4n) is 4.10. The van der Waals surface area contributed by atoms with E-state index < -0.39 is 25.8 Å². The summed E-state index contributed by atoms with van der Waals surface area (Å²) in [6.07, 6.45) is -0.558. The molecule has 1 heterocycles. The number of likely N-dealkylation sites (N-methyl/N-ethyl adjacent to an activating group) is 1. The molecule has 0 spiro atoms. The Hall–Kier alpha value is -1.85. The topological polar surface area (TPSA) is 71.5 Å². The highest BCUT2D eigenvalue weighted by Gasteiger charge is 2.41. The lowest BCUT2D eigenvalue weighted by Gasteiger charge is -2.38. The van der Waals surface area contributed by atoms with E-state index in [-0.39, 0.29) is 5.91 Å². The zero-order valence-corrected chi connectivity index (χ0v) is 24.5. The normalized spacial score (nSPS) is 12.9. The van der Waals surface area contributed by atoms with Crippen LogP contribution >= 0.6 is 15.9 Å². The number of halogens is 1. The smallest absolute Gasteiger partial charge is 0.410 e. The van der Waals surface area contributed by atoms with Crippen LogP contribution in [-0.4, -0.2) is 48.6 Å². The highest BCUT2D eigenvalue weighted by Crippen LogP contribution is 2.40. The van der Waals surface area contributed by atoms with Gasteiger partial charge in [0.1, 0.15) is 31.2 Å². The van der Waals surface area contributed by atoms with Crippen LogP contribution in [0.4, 0.5) is 10.6 Å². The molecule has 1 rings (SSSR count). The lowest BCUT2D eigenvalue weighted by molar-refractivity contribution is -0.120. The molecule has 0 fully saturated rings. The monoisotopic (exact) mass is 537 g/mol. The van der Waals surface area contributed by atoms with Gasteiger partial charge in [0.15, 0.2) is 0 Å². The first kappa shape index (κ1) is 29.2. The van der Waals surface area contributed by atoms with E-state index in [4.69, 9.17) is 4.74 Å². The van der Waals surface area contributed by atoms with Crippen LogP contribution in [0.3, 0.4) is 0 Å². The Balaban J connectivity index is 3.15. The third-order valence-corrected chi connectivity index (χ3v) is 12.9. The van der Waals surface area contributed by atoms with E-state index in [1.165, 1.54) is 11.9 Å². The van der Waals surface area contributed by atoms with Crippen molar-refractivity contribution in [1.82, 2.24) is 9.88 Å². The van der Waals surface area contributed by atoms with Crippen molar-refractivity contribution in [3.8, 4) is 11.5 Å². The number of aromatic nitrogens is 1. The maximum Gasteiger partial charge on any atom is 0.410 e. The highest BCUT2D eigenvalue weighted by atomic mass is 79.9. The van der Waals surface area contributed by atoms with Gasteiger partial charge < -0.3 is 10.1 Å². The lowest BCUT2D eigenvalue weighted by Crippen LogP contribution is -2.45. The summed E-state index contributed by atoms with van der Waals surface area (Å²) in [6.45, 7) is 20.6. The first-order valence-corrected chi connectivity index (χ1v) is 14.5. The number of anilines is 1. The second-order valence-electron chi connectivity index (χ2n) is 10.4. The van der Waals surface area contributed by atoms with Crippen LogP contribution in [-0.2, 0) is 9.53 Å². The Morgan fingerprint density at radius 1 is 1.06 bits per heavy atom. The van der Waals surface area contributed by atoms with Gasteiger partial charge in [0, 0.05) is 7.05 Å². The summed E-state index contributed by atoms with van der Waals surface area (Å²) in [7, 11) is -0.375. The van der Waals surface area contributed by atoms with Gasteiger partial charge in [0.05, 0.1) is 4.47 Å². The van der Waals surface area contributed by atoms with E-state index in [0.717, 1.165) is 4.47 Å². The molecule has 0 saturated heterocycles. The molecule has 1 aromatic heterocycles. The molecule has 0 aromatic carbocycles. The highest BCUT2D eigenvalue weighted by molar-refractivity contribution is 9.10. The zero-order chi connectivity index (χ0) is 25.7. The second-order valence-corrected chi connectivity index (χ2v) is 16.9. The quantitative estimate of drug-likeness (QED) is 0.327. The summed E-state index contributed by atoms with van der Waals surface area (Å²) < 4.78 is 6.13. The van der Waals surface area contributed by atoms with Crippen molar-refractivity contribution in [2.75, 3.05) is 12.4 Å². The van der Waals surface area contributed by atoms with Crippen LogP contribution in [0.5, 0.6) is 0 Å². The number of carbonyl (C=O) groups excluding carboxylic acids is 2. The van der Waals surface area contributed by atoms with Gasteiger partial charge >= 0.3 is 6.09 Å². The first-order valence-electron chi connectivity index (χ1n) is 11.5. The number of amides is 2. The van der Waals surface area contributed by atoms with Crippen LogP contribution in [0.1, 0.15) is 74.9 Å². The van der Waals surface area contributed by atoms with Crippen molar-refractivity contribution >= 4 is 41.8 Å². The Labute approximate surface area is 209 Å². The Morgan fingerprint density at radius 3 is 2.03 bits per heavy atom. The maximum atomic E-state index is 12.8. The number of hydrogen-bond donors (Lipinski definition) is 1. The molecular weight excluding hydrogens is 498 g/mol. The van der Waals surface area contributed by atoms with Crippen LogP contribution in [0.2, 0.25) is 16.6 Å². The van der Waals surface area contributed by atoms with Gasteiger partial charge in [-0.1, -0.05) is 47.5 Å². The third kappa shape index (κ3) is 7.58. The zero-order valence-electron chi connectivity index (χ0n) is 22.0. The van der Waals surface area contributed by atoms with Gasteiger partial charge in [0.25, 0.3) is 0 Å². The summed E-state index contributed by atoms with van der Waals surface area (Å²) in [5.41, 5.74) is 5.15. The molecule has 6 nitrogen and oxygen atoms in total. The van der Waals surface area contributed by atoms with Crippen LogP contribution < -0.4 is 5.32 Å². The van der Waals surface area contributed by atoms with Gasteiger partial charge in [-0.25, -0.2) is 9.78 Å². The molecule has 0 aliphatic rings. The third-order valence-electron chi connectivity index (χ3n) is 6.00. The second kappa shape index (κ2) is 11.5. The van der Waals surface area contributed by atoms with Crippen molar-refractivity contribution < 1.29 is 14.3 Å². The van der Waals surface area contributed by atoms with E-state index in [1.807, 2.05) is 6.07 Å². The number of nitrogens with zero attached hydrogens (tertiary/aromatic N) is 2. The lowest BCUT2D eigenvalue weighted by atomic mass is 10.2. The van der Waals surface area contributed by atoms with Crippen molar-refractivity contribution in [1.29, 1.82) is 0 Å². The van der Waals surface area contributed by atoms with E-state index in [0.29, 0.717) is 28.1 Å². The van der Waals surface area contributed by atoms with E-state index in [1.54, 1.807) is 33.8 Å². The summed E-state index contributed by atoms with van der Waals surface area (Å²) in [6, 6.07) is 2.81. The molecule has 33 heavy (non-hydrogen) atoms. The Kier molecular flexibility index (Phi) is 10.2. The van der Waals surface area contributed by atoms with Crippen LogP contribution in [0, 0.1) is 11.5 Å². The van der Waals surface area contributed by atoms with Gasteiger partial charge in [-0.05, 0) is 72.4 Å². The van der Waals surface area contributed by atoms with E-state index in [2.05, 4.69) is 79.2 Å². The largest absolute Gasteiger partial charge is 0.444 e. The number of ether oxygens (including phenoxy) is 1.